The molecule has 3 N–H and O–H groups in total. The third-order valence-corrected chi connectivity index (χ3v) is 4.82. The maximum absolute atomic E-state index is 8.05. The highest BCUT2D eigenvalue weighted by molar-refractivity contribution is 5.91. The first-order valence-corrected chi connectivity index (χ1v) is 8.79. The molecule has 0 saturated heterocycles. The van der Waals surface area contributed by atoms with Crippen molar-refractivity contribution in [3.05, 3.63) is 126 Å². The summed E-state index contributed by atoms with van der Waals surface area (Å²) in [7, 11) is 0. The Kier molecular flexibility index (Phi) is 4.30. The largest absolute Gasteiger partial charge is 0.381 e. The maximum Gasteiger partial charge on any atom is 0.176 e. The SMILES string of the molecule is N=C(N)c1nccn1C(c1ccccc1)(c1ccccc1)c1ccccc1. The zero-order valence-corrected chi connectivity index (χ0v) is 14.8. The summed E-state index contributed by atoms with van der Waals surface area (Å²) in [5.41, 5.74) is 8.41. The van der Waals surface area contributed by atoms with E-state index in [2.05, 4.69) is 41.4 Å². The second kappa shape index (κ2) is 6.92. The fourth-order valence-electron chi connectivity index (χ4n) is 3.73. The lowest BCUT2D eigenvalue weighted by Crippen LogP contribution is -2.40. The predicted molar refractivity (Wildman–Crippen MR) is 108 cm³/mol. The number of benzene rings is 3. The summed E-state index contributed by atoms with van der Waals surface area (Å²) >= 11 is 0. The molecule has 27 heavy (non-hydrogen) atoms. The molecule has 4 rings (SSSR count). The van der Waals surface area contributed by atoms with Crippen LogP contribution < -0.4 is 5.73 Å². The fourth-order valence-corrected chi connectivity index (χ4v) is 3.73. The average molecular weight is 352 g/mol. The zero-order valence-electron chi connectivity index (χ0n) is 14.8. The van der Waals surface area contributed by atoms with E-state index in [4.69, 9.17) is 11.1 Å². The molecule has 132 valence electrons. The molecule has 0 spiro atoms. The molecule has 1 heterocycles. The number of nitrogens with zero attached hydrogens (tertiary/aromatic N) is 2. The zero-order chi connectivity index (χ0) is 18.7. The van der Waals surface area contributed by atoms with Crippen molar-refractivity contribution in [1.82, 2.24) is 9.55 Å². The smallest absolute Gasteiger partial charge is 0.176 e. The molecule has 4 aromatic rings. The molecule has 4 nitrogen and oxygen atoms in total. The van der Waals surface area contributed by atoms with Crippen LogP contribution in [0.5, 0.6) is 0 Å². The Morgan fingerprint density at radius 2 is 1.15 bits per heavy atom. The molecule has 0 aliphatic carbocycles. The molecular formula is C23H20N4. The van der Waals surface area contributed by atoms with Gasteiger partial charge in [0, 0.05) is 12.4 Å². The second-order valence-electron chi connectivity index (χ2n) is 6.34. The summed E-state index contributed by atoms with van der Waals surface area (Å²) in [6.07, 6.45) is 3.59. The number of imidazole rings is 1. The van der Waals surface area contributed by atoms with E-state index in [0.717, 1.165) is 16.7 Å². The molecule has 1 aromatic heterocycles. The summed E-state index contributed by atoms with van der Waals surface area (Å²) in [6, 6.07) is 30.8. The summed E-state index contributed by atoms with van der Waals surface area (Å²) in [4.78, 5) is 4.37. The van der Waals surface area contributed by atoms with E-state index < -0.39 is 5.54 Å². The van der Waals surface area contributed by atoms with Crippen molar-refractivity contribution >= 4 is 5.84 Å². The van der Waals surface area contributed by atoms with Gasteiger partial charge in [-0.1, -0.05) is 91.0 Å². The number of hydrogen-bond donors (Lipinski definition) is 2. The van der Waals surface area contributed by atoms with Crippen molar-refractivity contribution in [3.8, 4) is 0 Å². The van der Waals surface area contributed by atoms with Crippen LogP contribution in [-0.4, -0.2) is 15.4 Å². The molecule has 0 atom stereocenters. The summed E-state index contributed by atoms with van der Waals surface area (Å²) in [5.74, 6) is 0.374. The molecule has 4 heteroatoms. The summed E-state index contributed by atoms with van der Waals surface area (Å²) < 4.78 is 2.00. The van der Waals surface area contributed by atoms with Crippen molar-refractivity contribution in [3.63, 3.8) is 0 Å². The van der Waals surface area contributed by atoms with E-state index in [1.165, 1.54) is 0 Å². The van der Waals surface area contributed by atoms with Crippen LogP contribution >= 0.6 is 0 Å². The molecule has 0 saturated carbocycles. The quantitative estimate of drug-likeness (QED) is 0.324. The lowest BCUT2D eigenvalue weighted by Gasteiger charge is -2.38. The van der Waals surface area contributed by atoms with Gasteiger partial charge in [-0.15, -0.1) is 0 Å². The molecule has 0 unspecified atom stereocenters. The van der Waals surface area contributed by atoms with Crippen LogP contribution in [0.2, 0.25) is 0 Å². The maximum atomic E-state index is 8.05. The van der Waals surface area contributed by atoms with Crippen molar-refractivity contribution in [2.75, 3.05) is 0 Å². The fraction of sp³-hybridized carbons (Fsp3) is 0.0435. The highest BCUT2D eigenvalue weighted by atomic mass is 15.2. The first-order valence-electron chi connectivity index (χ1n) is 8.79. The Hall–Kier alpha value is -3.66. The highest BCUT2D eigenvalue weighted by Gasteiger charge is 2.39. The number of rotatable bonds is 5. The number of amidine groups is 1. The molecule has 0 bridgehead atoms. The van der Waals surface area contributed by atoms with Gasteiger partial charge in [-0.25, -0.2) is 4.98 Å². The minimum atomic E-state index is -0.693. The van der Waals surface area contributed by atoms with Crippen LogP contribution in [0.4, 0.5) is 0 Å². The topological polar surface area (TPSA) is 67.7 Å². The Labute approximate surface area is 158 Å². The van der Waals surface area contributed by atoms with Crippen LogP contribution in [0.3, 0.4) is 0 Å². The Morgan fingerprint density at radius 3 is 1.52 bits per heavy atom. The van der Waals surface area contributed by atoms with E-state index in [1.54, 1.807) is 6.20 Å². The van der Waals surface area contributed by atoms with Crippen LogP contribution in [0, 0.1) is 5.41 Å². The van der Waals surface area contributed by atoms with Gasteiger partial charge in [0.1, 0.15) is 5.54 Å². The van der Waals surface area contributed by atoms with Gasteiger partial charge in [0.2, 0.25) is 0 Å². The monoisotopic (exact) mass is 352 g/mol. The Bertz CT molecular complexity index is 941. The normalized spacial score (nSPS) is 11.3. The van der Waals surface area contributed by atoms with Gasteiger partial charge in [-0.2, -0.15) is 0 Å². The highest BCUT2D eigenvalue weighted by Crippen LogP contribution is 2.41. The Morgan fingerprint density at radius 1 is 0.741 bits per heavy atom. The van der Waals surface area contributed by atoms with Crippen LogP contribution in [0.25, 0.3) is 0 Å². The lowest BCUT2D eigenvalue weighted by atomic mass is 9.76. The van der Waals surface area contributed by atoms with Crippen molar-refractivity contribution in [2.45, 2.75) is 5.54 Å². The first kappa shape index (κ1) is 16.8. The predicted octanol–water partition coefficient (Wildman–Crippen LogP) is 4.01. The lowest BCUT2D eigenvalue weighted by molar-refractivity contribution is 0.510. The third-order valence-electron chi connectivity index (χ3n) is 4.82. The molecule has 3 aromatic carbocycles. The molecule has 0 amide bonds. The van der Waals surface area contributed by atoms with Gasteiger partial charge in [0.25, 0.3) is 0 Å². The van der Waals surface area contributed by atoms with E-state index >= 15 is 0 Å². The number of aromatic nitrogens is 2. The van der Waals surface area contributed by atoms with E-state index in [-0.39, 0.29) is 5.84 Å². The number of nitrogens with two attached hydrogens (primary N) is 1. The van der Waals surface area contributed by atoms with Gasteiger partial charge < -0.3 is 10.3 Å². The number of nitrogen functional groups attached to an aromatic ring is 1. The molecule has 0 fully saturated rings. The molecule has 0 aliphatic heterocycles. The minimum Gasteiger partial charge on any atom is -0.381 e. The van der Waals surface area contributed by atoms with E-state index in [0.29, 0.717) is 5.82 Å². The Balaban J connectivity index is 2.17. The van der Waals surface area contributed by atoms with Gasteiger partial charge >= 0.3 is 0 Å². The molecule has 0 radical (unpaired) electrons. The van der Waals surface area contributed by atoms with Gasteiger partial charge in [-0.05, 0) is 16.7 Å². The molecular weight excluding hydrogens is 332 g/mol. The van der Waals surface area contributed by atoms with Gasteiger partial charge in [-0.3, -0.25) is 5.41 Å². The van der Waals surface area contributed by atoms with Gasteiger partial charge in [0.05, 0.1) is 0 Å². The first-order chi connectivity index (χ1) is 13.2. The standard InChI is InChI=1S/C23H20N4/c24-21(25)22-26-16-17-27(22)23(18-10-4-1-5-11-18,19-12-6-2-7-13-19)20-14-8-3-9-15-20/h1-17H,(H3,24,25). The van der Waals surface area contributed by atoms with Crippen molar-refractivity contribution in [2.24, 2.45) is 5.73 Å². The van der Waals surface area contributed by atoms with E-state index in [1.807, 2.05) is 65.4 Å². The van der Waals surface area contributed by atoms with Crippen molar-refractivity contribution < 1.29 is 0 Å². The summed E-state index contributed by atoms with van der Waals surface area (Å²) in [5, 5.41) is 8.05. The van der Waals surface area contributed by atoms with Crippen LogP contribution in [0.15, 0.2) is 103 Å². The van der Waals surface area contributed by atoms with E-state index in [9.17, 15) is 0 Å². The second-order valence-corrected chi connectivity index (χ2v) is 6.34. The number of nitrogens with one attached hydrogen (secondary N) is 1. The summed E-state index contributed by atoms with van der Waals surface area (Å²) in [6.45, 7) is 0. The van der Waals surface area contributed by atoms with Crippen LogP contribution in [-0.2, 0) is 5.54 Å². The van der Waals surface area contributed by atoms with Gasteiger partial charge in [0.15, 0.2) is 11.7 Å². The number of hydrogen-bond acceptors (Lipinski definition) is 2. The van der Waals surface area contributed by atoms with Crippen molar-refractivity contribution in [1.29, 1.82) is 5.41 Å². The average Bonchev–Trinajstić information content (AvgIpc) is 3.22. The minimum absolute atomic E-state index is 0.0628. The third kappa shape index (κ3) is 2.72. The molecule has 0 aliphatic rings. The van der Waals surface area contributed by atoms with Crippen LogP contribution in [0.1, 0.15) is 22.5 Å².